The van der Waals surface area contributed by atoms with Crippen molar-refractivity contribution in [3.63, 3.8) is 0 Å². The largest absolute Gasteiger partial charge is 0.352 e. The summed E-state index contributed by atoms with van der Waals surface area (Å²) < 4.78 is 0. The average molecular weight is 191 g/mol. The third kappa shape index (κ3) is 2.34. The first kappa shape index (κ1) is 10.8. The SMILES string of the molecule is CCNC(=O)c1ccc(C)c(CC)c1. The highest BCUT2D eigenvalue weighted by Gasteiger charge is 2.05. The molecule has 2 heteroatoms. The number of hydrogen-bond donors (Lipinski definition) is 1. The summed E-state index contributed by atoms with van der Waals surface area (Å²) in [5, 5.41) is 2.79. The van der Waals surface area contributed by atoms with Crippen LogP contribution < -0.4 is 5.32 Å². The molecule has 1 amide bonds. The van der Waals surface area contributed by atoms with E-state index >= 15 is 0 Å². The van der Waals surface area contributed by atoms with Gasteiger partial charge in [0.05, 0.1) is 0 Å². The molecule has 0 radical (unpaired) electrons. The van der Waals surface area contributed by atoms with E-state index in [9.17, 15) is 4.79 Å². The van der Waals surface area contributed by atoms with Gasteiger partial charge in [0.2, 0.25) is 0 Å². The number of nitrogens with one attached hydrogen (secondary N) is 1. The van der Waals surface area contributed by atoms with E-state index in [4.69, 9.17) is 0 Å². The topological polar surface area (TPSA) is 29.1 Å². The molecule has 0 aliphatic carbocycles. The summed E-state index contributed by atoms with van der Waals surface area (Å²) in [5.74, 6) is 0.0159. The Hall–Kier alpha value is -1.31. The number of rotatable bonds is 3. The standard InChI is InChI=1S/C12H17NO/c1-4-10-8-11(7-6-9(10)3)12(14)13-5-2/h6-8H,4-5H2,1-3H3,(H,13,14). The van der Waals surface area contributed by atoms with Crippen LogP contribution in [0.4, 0.5) is 0 Å². The minimum atomic E-state index is 0.0159. The van der Waals surface area contributed by atoms with Gasteiger partial charge in [-0.2, -0.15) is 0 Å². The predicted molar refractivity (Wildman–Crippen MR) is 58.6 cm³/mol. The van der Waals surface area contributed by atoms with Gasteiger partial charge >= 0.3 is 0 Å². The lowest BCUT2D eigenvalue weighted by molar-refractivity contribution is 0.0955. The molecule has 0 spiro atoms. The third-order valence-electron chi connectivity index (χ3n) is 2.33. The highest BCUT2D eigenvalue weighted by molar-refractivity contribution is 5.94. The third-order valence-corrected chi connectivity index (χ3v) is 2.33. The number of aryl methyl sites for hydroxylation is 2. The van der Waals surface area contributed by atoms with E-state index in [-0.39, 0.29) is 5.91 Å². The molecule has 0 fully saturated rings. The van der Waals surface area contributed by atoms with Gasteiger partial charge in [-0.3, -0.25) is 4.79 Å². The molecule has 1 rings (SSSR count). The molecule has 0 atom stereocenters. The van der Waals surface area contributed by atoms with Crippen LogP contribution >= 0.6 is 0 Å². The quantitative estimate of drug-likeness (QED) is 0.780. The van der Waals surface area contributed by atoms with Crippen molar-refractivity contribution in [3.05, 3.63) is 34.9 Å². The van der Waals surface area contributed by atoms with E-state index in [1.165, 1.54) is 11.1 Å². The maximum atomic E-state index is 11.5. The molecule has 1 aromatic rings. The number of benzene rings is 1. The average Bonchev–Trinajstić information content (AvgIpc) is 2.19. The molecule has 1 N–H and O–H groups in total. The van der Waals surface area contributed by atoms with Gasteiger partial charge in [0.15, 0.2) is 0 Å². The van der Waals surface area contributed by atoms with E-state index in [1.54, 1.807) is 0 Å². The fraction of sp³-hybridized carbons (Fsp3) is 0.417. The molecule has 0 saturated heterocycles. The summed E-state index contributed by atoms with van der Waals surface area (Å²) in [6.45, 7) is 6.77. The first-order valence-electron chi connectivity index (χ1n) is 5.06. The highest BCUT2D eigenvalue weighted by atomic mass is 16.1. The maximum absolute atomic E-state index is 11.5. The number of carbonyl (C=O) groups is 1. The molecule has 76 valence electrons. The Kier molecular flexibility index (Phi) is 3.69. The molecule has 0 aliphatic rings. The Balaban J connectivity index is 2.94. The summed E-state index contributed by atoms with van der Waals surface area (Å²) >= 11 is 0. The summed E-state index contributed by atoms with van der Waals surface area (Å²) in [4.78, 5) is 11.5. The van der Waals surface area contributed by atoms with Gasteiger partial charge < -0.3 is 5.32 Å². The van der Waals surface area contributed by atoms with Gasteiger partial charge in [0.25, 0.3) is 5.91 Å². The molecular formula is C12H17NO. The normalized spacial score (nSPS) is 9.93. The van der Waals surface area contributed by atoms with Crippen molar-refractivity contribution in [2.24, 2.45) is 0 Å². The summed E-state index contributed by atoms with van der Waals surface area (Å²) in [7, 11) is 0. The molecule has 0 unspecified atom stereocenters. The molecule has 0 aliphatic heterocycles. The van der Waals surface area contributed by atoms with Crippen molar-refractivity contribution >= 4 is 5.91 Å². The molecule has 14 heavy (non-hydrogen) atoms. The van der Waals surface area contributed by atoms with Crippen LogP contribution in [-0.4, -0.2) is 12.5 Å². The second-order valence-electron chi connectivity index (χ2n) is 3.35. The van der Waals surface area contributed by atoms with Gasteiger partial charge in [-0.25, -0.2) is 0 Å². The van der Waals surface area contributed by atoms with Gasteiger partial charge in [0.1, 0.15) is 0 Å². The molecular weight excluding hydrogens is 174 g/mol. The Morgan fingerprint density at radius 2 is 2.07 bits per heavy atom. The lowest BCUT2D eigenvalue weighted by atomic mass is 10.0. The van der Waals surface area contributed by atoms with Crippen molar-refractivity contribution < 1.29 is 4.79 Å². The molecule has 0 bridgehead atoms. The van der Waals surface area contributed by atoms with Crippen LogP contribution in [0, 0.1) is 6.92 Å². The first-order valence-corrected chi connectivity index (χ1v) is 5.06. The van der Waals surface area contributed by atoms with Crippen molar-refractivity contribution in [1.29, 1.82) is 0 Å². The van der Waals surface area contributed by atoms with E-state index < -0.39 is 0 Å². The molecule has 1 aromatic carbocycles. The summed E-state index contributed by atoms with van der Waals surface area (Å²) in [6.07, 6.45) is 0.971. The Labute approximate surface area is 85.3 Å². The van der Waals surface area contributed by atoms with Crippen LogP contribution in [0.1, 0.15) is 35.3 Å². The fourth-order valence-corrected chi connectivity index (χ4v) is 1.46. The Morgan fingerprint density at radius 3 is 2.64 bits per heavy atom. The second-order valence-corrected chi connectivity index (χ2v) is 3.35. The number of hydrogen-bond acceptors (Lipinski definition) is 1. The number of amides is 1. The summed E-state index contributed by atoms with van der Waals surface area (Å²) in [5.41, 5.74) is 3.25. The Morgan fingerprint density at radius 1 is 1.36 bits per heavy atom. The molecule has 2 nitrogen and oxygen atoms in total. The van der Waals surface area contributed by atoms with Gasteiger partial charge in [-0.1, -0.05) is 13.0 Å². The predicted octanol–water partition coefficient (Wildman–Crippen LogP) is 2.31. The van der Waals surface area contributed by atoms with E-state index in [1.807, 2.05) is 25.1 Å². The van der Waals surface area contributed by atoms with E-state index in [2.05, 4.69) is 19.2 Å². The van der Waals surface area contributed by atoms with Crippen molar-refractivity contribution in [1.82, 2.24) is 5.32 Å². The van der Waals surface area contributed by atoms with Crippen molar-refractivity contribution in [2.75, 3.05) is 6.54 Å². The lowest BCUT2D eigenvalue weighted by Gasteiger charge is -2.06. The van der Waals surface area contributed by atoms with Gasteiger partial charge in [0, 0.05) is 12.1 Å². The van der Waals surface area contributed by atoms with Crippen LogP contribution in [0.5, 0.6) is 0 Å². The molecule has 0 aromatic heterocycles. The van der Waals surface area contributed by atoms with Crippen LogP contribution in [0.25, 0.3) is 0 Å². The fourth-order valence-electron chi connectivity index (χ4n) is 1.46. The first-order chi connectivity index (χ1) is 6.69. The number of carbonyl (C=O) groups excluding carboxylic acids is 1. The minimum Gasteiger partial charge on any atom is -0.352 e. The lowest BCUT2D eigenvalue weighted by Crippen LogP contribution is -2.22. The van der Waals surface area contributed by atoms with E-state index in [0.29, 0.717) is 6.54 Å². The van der Waals surface area contributed by atoms with Crippen molar-refractivity contribution in [3.8, 4) is 0 Å². The summed E-state index contributed by atoms with van der Waals surface area (Å²) in [6, 6.07) is 5.85. The van der Waals surface area contributed by atoms with E-state index in [0.717, 1.165) is 12.0 Å². The Bertz CT molecular complexity index is 331. The monoisotopic (exact) mass is 191 g/mol. The molecule has 0 saturated carbocycles. The highest BCUT2D eigenvalue weighted by Crippen LogP contribution is 2.11. The van der Waals surface area contributed by atoms with Crippen LogP contribution in [0.2, 0.25) is 0 Å². The van der Waals surface area contributed by atoms with Crippen LogP contribution in [0.15, 0.2) is 18.2 Å². The van der Waals surface area contributed by atoms with Crippen LogP contribution in [-0.2, 0) is 6.42 Å². The smallest absolute Gasteiger partial charge is 0.251 e. The zero-order chi connectivity index (χ0) is 10.6. The van der Waals surface area contributed by atoms with Gasteiger partial charge in [-0.15, -0.1) is 0 Å². The zero-order valence-electron chi connectivity index (χ0n) is 9.05. The van der Waals surface area contributed by atoms with Crippen molar-refractivity contribution in [2.45, 2.75) is 27.2 Å². The molecule has 0 heterocycles. The second kappa shape index (κ2) is 4.80. The minimum absolute atomic E-state index is 0.0159. The van der Waals surface area contributed by atoms with Crippen LogP contribution in [0.3, 0.4) is 0 Å². The zero-order valence-corrected chi connectivity index (χ0v) is 9.05. The van der Waals surface area contributed by atoms with Gasteiger partial charge in [-0.05, 0) is 43.5 Å². The maximum Gasteiger partial charge on any atom is 0.251 e.